The molecule has 2 fully saturated rings. The molecule has 13 N–H and O–H groups in total. The first-order valence-corrected chi connectivity index (χ1v) is 38.3. The second-order valence-electron chi connectivity index (χ2n) is 30.6. The zero-order chi connectivity index (χ0) is 82.0. The van der Waals surface area contributed by atoms with Gasteiger partial charge < -0.3 is 96.9 Å². The fourth-order valence-corrected chi connectivity index (χ4v) is 14.2. The third-order valence-electron chi connectivity index (χ3n) is 20.7. The molecule has 5 aromatic rings. The fourth-order valence-electron chi connectivity index (χ4n) is 14.2. The van der Waals surface area contributed by atoms with E-state index < -0.39 is 162 Å². The van der Waals surface area contributed by atoms with E-state index in [-0.39, 0.29) is 104 Å². The highest BCUT2D eigenvalue weighted by atomic mass is 19.1. The third kappa shape index (κ3) is 23.3. The van der Waals surface area contributed by atoms with Crippen LogP contribution in [0.2, 0.25) is 0 Å². The number of aromatic nitrogens is 1. The number of amides is 12. The molecule has 6 aliphatic heterocycles. The molecule has 7 heterocycles. The predicted molar refractivity (Wildman–Crippen MR) is 410 cm³/mol. The van der Waals surface area contributed by atoms with Crippen LogP contribution in [0.1, 0.15) is 92.7 Å². The summed E-state index contributed by atoms with van der Waals surface area (Å²) in [5.74, 6) is -10.3. The van der Waals surface area contributed by atoms with E-state index >= 15 is 28.4 Å². The number of carbonyl (C=O) groups is 12. The first-order valence-electron chi connectivity index (χ1n) is 38.3. The Kier molecular flexibility index (Phi) is 29.2. The van der Waals surface area contributed by atoms with E-state index in [1.807, 2.05) is 21.1 Å². The van der Waals surface area contributed by atoms with Crippen molar-refractivity contribution in [3.05, 3.63) is 136 Å². The van der Waals surface area contributed by atoms with Crippen LogP contribution < -0.4 is 58.3 Å². The number of H-pyrrole nitrogens is 1. The smallest absolute Gasteiger partial charge is 0.246 e. The Bertz CT molecular complexity index is 4400. The number of fused-ring (bicyclic) bond motifs is 27. The molecule has 12 amide bonds. The number of likely N-dealkylation sites (N-methyl/N-ethyl adjacent to an activating group) is 1. The Balaban J connectivity index is 0.994. The van der Waals surface area contributed by atoms with Crippen LogP contribution >= 0.6 is 0 Å². The van der Waals surface area contributed by atoms with Gasteiger partial charge in [0.1, 0.15) is 96.6 Å². The van der Waals surface area contributed by atoms with E-state index in [1.54, 1.807) is 83.7 Å². The van der Waals surface area contributed by atoms with Gasteiger partial charge >= 0.3 is 0 Å². The first kappa shape index (κ1) is 85.3. The van der Waals surface area contributed by atoms with Crippen LogP contribution in [0.3, 0.4) is 0 Å². The van der Waals surface area contributed by atoms with Gasteiger partial charge in [0.25, 0.3) is 0 Å². The van der Waals surface area contributed by atoms with Gasteiger partial charge in [0.05, 0.1) is 66.9 Å². The van der Waals surface area contributed by atoms with E-state index in [4.69, 9.17) is 24.7 Å². The number of halogens is 1. The lowest BCUT2D eigenvalue weighted by molar-refractivity contribution is -0.870. The summed E-state index contributed by atoms with van der Waals surface area (Å²) in [5.41, 5.74) is 7.95. The van der Waals surface area contributed by atoms with Crippen molar-refractivity contribution >= 4 is 88.0 Å². The van der Waals surface area contributed by atoms with Crippen molar-refractivity contribution in [2.24, 2.45) is 16.1 Å². The van der Waals surface area contributed by atoms with Crippen molar-refractivity contribution in [3.8, 4) is 5.75 Å². The molecule has 1 aromatic heterocycles. The summed E-state index contributed by atoms with van der Waals surface area (Å²) in [5, 5.41) is 45.0. The Morgan fingerprint density at radius 1 is 0.754 bits per heavy atom. The fraction of sp³-hybridized carbons (Fsp3) is 0.506. The van der Waals surface area contributed by atoms with E-state index in [2.05, 4.69) is 63.2 Å². The highest BCUT2D eigenvalue weighted by Gasteiger charge is 2.50. The van der Waals surface area contributed by atoms with Crippen LogP contribution in [0.4, 0.5) is 4.39 Å². The van der Waals surface area contributed by atoms with E-state index in [9.17, 15) is 38.7 Å². The van der Waals surface area contributed by atoms with Gasteiger partial charge in [-0.1, -0.05) is 60.7 Å². The Morgan fingerprint density at radius 2 is 1.46 bits per heavy atom. The van der Waals surface area contributed by atoms with Crippen LogP contribution in [0.5, 0.6) is 5.75 Å². The number of carbonyl (C=O) groups excluding carboxylic acids is 12. The van der Waals surface area contributed by atoms with Crippen molar-refractivity contribution in [2.45, 2.75) is 170 Å². The molecule has 612 valence electrons. The molecular formula is C79H104FN17O17+2. The number of ether oxygens (including phenoxy) is 4. The predicted octanol–water partition coefficient (Wildman–Crippen LogP) is -0.765. The molecule has 0 radical (unpaired) electrons. The zero-order valence-corrected chi connectivity index (χ0v) is 65.1. The number of quaternary nitrogens is 1. The van der Waals surface area contributed by atoms with Gasteiger partial charge in [0.2, 0.25) is 76.9 Å². The van der Waals surface area contributed by atoms with E-state index in [1.165, 1.54) is 57.2 Å². The lowest BCUT2D eigenvalue weighted by Gasteiger charge is -2.37. The van der Waals surface area contributed by atoms with Crippen LogP contribution in [0.15, 0.2) is 108 Å². The zero-order valence-electron chi connectivity index (χ0n) is 65.1. The number of nitrogens with two attached hydrogens (primary N) is 1. The number of rotatable bonds is 18. The first-order chi connectivity index (χ1) is 54.4. The van der Waals surface area contributed by atoms with Crippen molar-refractivity contribution in [1.82, 2.24) is 62.6 Å². The molecule has 4 aromatic carbocycles. The molecule has 10 bridgehead atoms. The van der Waals surface area contributed by atoms with Crippen LogP contribution in [0, 0.1) is 5.82 Å². The minimum Gasteiger partial charge on any atom is -0.497 e. The van der Waals surface area contributed by atoms with Crippen molar-refractivity contribution in [3.63, 3.8) is 0 Å². The lowest BCUT2D eigenvalue weighted by Crippen LogP contribution is -2.64. The van der Waals surface area contributed by atoms with Crippen LogP contribution in [-0.2, 0) is 111 Å². The molecule has 1 unspecified atom stereocenters. The Hall–Kier alpha value is -11.1. The van der Waals surface area contributed by atoms with Gasteiger partial charge in [0.15, 0.2) is 0 Å². The van der Waals surface area contributed by atoms with Gasteiger partial charge in [-0.05, 0) is 104 Å². The molecule has 0 spiro atoms. The summed E-state index contributed by atoms with van der Waals surface area (Å²) in [7, 11) is 7.57. The number of methoxy groups -OCH3 is 1. The second-order valence-corrected chi connectivity index (χ2v) is 30.6. The molecule has 12 atom stereocenters. The summed E-state index contributed by atoms with van der Waals surface area (Å²) < 4.78 is 40.7. The summed E-state index contributed by atoms with van der Waals surface area (Å²) in [6.07, 6.45) is -1.18. The minimum atomic E-state index is -1.87. The minimum absolute atomic E-state index is 0.0128. The highest BCUT2D eigenvalue weighted by Crippen LogP contribution is 2.32. The molecule has 11 rings (SSSR count). The van der Waals surface area contributed by atoms with E-state index in [0.29, 0.717) is 67.5 Å². The summed E-state index contributed by atoms with van der Waals surface area (Å²) in [6.45, 7) is 5.04. The average molecular weight is 1580 g/mol. The standard InChI is InChI=1S/C79H102FN17O17/c1-46-71(103)87-60-37-51-10-8-11-52(34-51)43-94-44-55(92-93-94)45-114-64-24-28-95(76(108)62(88-72(60)104)38-53-41-82-58-21-18-54(80)39-57(53)58)69(64)75(107)91-68(47(2)98)74(106)89-61(36-49-16-19-56(111-7)20-17-49)77(109)96-27-9-26-79(96,3)78(110)90-59(70(81)102)35-48-12-14-50(15-13-48)40-83-65(99)22-23-67(101)86-63(73(105)85-46)42-84-66(100)25-30-112-32-33-113-31-29-97(4,5)6/h8,10-21,34,39,41,44,46-47,55,59-64,68-69,82,98H,9,22-33,35-38,40,42-43,45H2,1-7H3,(H9-2,81,83,84,85,86,87,88,89,90,91,99,100,101,102,103,104,105,106,107,110)/p+2/t46-,47+,55?,59+,60+,61+,62+,63+,64+,68+,69+,79+/m1/s1. The Labute approximate surface area is 658 Å². The lowest BCUT2D eigenvalue weighted by atomic mass is 9.94. The highest BCUT2D eigenvalue weighted by molar-refractivity contribution is 6.01. The van der Waals surface area contributed by atoms with Gasteiger partial charge in [-0.15, -0.1) is 4.68 Å². The number of aliphatic hydroxyl groups is 1. The van der Waals surface area contributed by atoms with Gasteiger partial charge in [0, 0.05) is 93.3 Å². The quantitative estimate of drug-likeness (QED) is 0.0222. The maximum absolute atomic E-state index is 16.0. The Morgan fingerprint density at radius 3 is 2.19 bits per heavy atom. The normalized spacial score (nSPS) is 25.3. The summed E-state index contributed by atoms with van der Waals surface area (Å²) in [4.78, 5) is 181. The number of hydrogen-bond donors (Lipinski definition) is 12. The summed E-state index contributed by atoms with van der Waals surface area (Å²) in [6, 6.07) is 10.9. The van der Waals surface area contributed by atoms with Crippen molar-refractivity contribution < 1.29 is 95.1 Å². The number of benzene rings is 4. The maximum Gasteiger partial charge on any atom is 0.246 e. The second kappa shape index (κ2) is 39.1. The number of primary amides is 1. The van der Waals surface area contributed by atoms with Gasteiger partial charge in [-0.25, -0.2) is 4.39 Å². The van der Waals surface area contributed by atoms with E-state index in [0.717, 1.165) is 11.4 Å². The maximum atomic E-state index is 16.0. The van der Waals surface area contributed by atoms with Crippen LogP contribution in [0.25, 0.3) is 10.9 Å². The van der Waals surface area contributed by atoms with Crippen molar-refractivity contribution in [1.29, 1.82) is 0 Å². The monoisotopic (exact) mass is 1580 g/mol. The van der Waals surface area contributed by atoms with Gasteiger partial charge in [-0.2, -0.15) is 0 Å². The number of aromatic amines is 1. The summed E-state index contributed by atoms with van der Waals surface area (Å²) >= 11 is 0. The molecule has 35 heteroatoms. The average Bonchev–Trinajstić information content (AvgIpc) is 1.59. The SMILES string of the molecule is COc1ccc(C[C@@H]2NC(=O)[C@H]([C@H](C)O)NC(=O)[C@@H]3[C@@H]4CCN3C(=O)[C@H](Cc3c[nH]c5ccc(F)cc35)NC(=O)[C@H](Cc3cccc(c3)C[N+]3=CC(CO4)N=N3)NC(=O)[C@@H](C)NC(=O)[C@H](CNC(=O)CCOCCOCC[N+](C)(C)C)NC(=O)CCC(=O)NCc3ccc(cc3)C[C@@H](C(N)=O)NC(=O)[C@]3(C)CCCN3C2=O)cc1. The molecule has 0 saturated carbocycles. The molecular weight excluding hydrogens is 1480 g/mol. The number of nitrogens with one attached hydrogen (secondary N) is 10. The molecule has 2 saturated heterocycles. The number of aliphatic hydroxyl groups excluding tert-OH is 1. The molecule has 34 nitrogen and oxygen atoms in total. The topological polar surface area (TPSA) is 446 Å². The third-order valence-corrected chi connectivity index (χ3v) is 20.7. The largest absolute Gasteiger partial charge is 0.497 e. The molecule has 114 heavy (non-hydrogen) atoms. The van der Waals surface area contributed by atoms with Gasteiger partial charge in [-0.3, -0.25) is 57.5 Å². The van der Waals surface area contributed by atoms with Crippen molar-refractivity contribution in [2.75, 3.05) is 87.5 Å². The number of nitrogens with zero attached hydrogens (tertiary/aromatic N) is 6. The number of hydrogen-bond acceptors (Lipinski definition) is 19. The molecule has 6 aliphatic rings. The van der Waals surface area contributed by atoms with Crippen LogP contribution in [-0.4, -0.2) is 266 Å². The molecule has 0 aliphatic carbocycles.